The summed E-state index contributed by atoms with van der Waals surface area (Å²) in [5.74, 6) is 0. The van der Waals surface area contributed by atoms with Crippen LogP contribution in [0.2, 0.25) is 0 Å². The summed E-state index contributed by atoms with van der Waals surface area (Å²) in [7, 11) is 0. The summed E-state index contributed by atoms with van der Waals surface area (Å²) in [6.07, 6.45) is 1.31. The van der Waals surface area contributed by atoms with Gasteiger partial charge in [-0.1, -0.05) is 13.8 Å². The Morgan fingerprint density at radius 3 is 1.82 bits per heavy atom. The first-order valence-corrected chi connectivity index (χ1v) is 4.16. The molecule has 0 amide bonds. The van der Waals surface area contributed by atoms with E-state index in [1.165, 1.54) is 0 Å². The molecule has 0 saturated carbocycles. The number of hydrogen-bond donors (Lipinski definition) is 0. The molecule has 67 valence electrons. The van der Waals surface area contributed by atoms with Crippen molar-refractivity contribution >= 4 is 0 Å². The third-order valence-electron chi connectivity index (χ3n) is 1.15. The third kappa shape index (κ3) is 6.28. The van der Waals surface area contributed by atoms with Crippen molar-refractivity contribution in [2.24, 2.45) is 0 Å². The molecule has 0 saturated heterocycles. The van der Waals surface area contributed by atoms with Crippen molar-refractivity contribution in [2.45, 2.75) is 33.0 Å². The smallest absolute Gasteiger partial charge is 0.183 e. The Labute approximate surface area is 68.3 Å². The first-order chi connectivity index (χ1) is 5.35. The fourth-order valence-electron chi connectivity index (χ4n) is 0.643. The van der Waals surface area contributed by atoms with Crippen molar-refractivity contribution in [1.82, 2.24) is 0 Å². The van der Waals surface area contributed by atoms with Crippen LogP contribution in [0.15, 0.2) is 0 Å². The Bertz CT molecular complexity index is 67.7. The van der Waals surface area contributed by atoms with E-state index in [2.05, 4.69) is 0 Å². The van der Waals surface area contributed by atoms with Crippen LogP contribution >= 0.6 is 0 Å². The molecule has 0 heterocycles. The Balaban J connectivity index is 3.25. The lowest BCUT2D eigenvalue weighted by molar-refractivity contribution is -0.172. The lowest BCUT2D eigenvalue weighted by Crippen LogP contribution is -2.21. The number of hydrogen-bond acceptors (Lipinski definition) is 2. The van der Waals surface area contributed by atoms with E-state index in [0.29, 0.717) is 13.2 Å². The van der Waals surface area contributed by atoms with E-state index < -0.39 is 6.29 Å². The highest BCUT2D eigenvalue weighted by atomic mass is 16.7. The molecule has 0 aliphatic rings. The molecule has 0 fully saturated rings. The highest BCUT2D eigenvalue weighted by Crippen LogP contribution is 1.96. The van der Waals surface area contributed by atoms with Crippen molar-refractivity contribution in [3.8, 4) is 0 Å². The molecule has 0 aromatic carbocycles. The Hall–Kier alpha value is -0.120. The van der Waals surface area contributed by atoms with Crippen LogP contribution in [0.25, 0.3) is 0 Å². The van der Waals surface area contributed by atoms with E-state index in [-0.39, 0.29) is 6.61 Å². The van der Waals surface area contributed by atoms with E-state index in [1.807, 2.05) is 13.8 Å². The van der Waals surface area contributed by atoms with Gasteiger partial charge in [-0.15, -0.1) is 0 Å². The molecule has 0 atom stereocenters. The largest absolute Gasteiger partial charge is 0.350 e. The minimum atomic E-state index is -0.533. The minimum absolute atomic E-state index is 0.306. The van der Waals surface area contributed by atoms with E-state index in [9.17, 15) is 5.11 Å². The van der Waals surface area contributed by atoms with Gasteiger partial charge in [0.25, 0.3) is 0 Å². The fourth-order valence-corrected chi connectivity index (χ4v) is 0.643. The Morgan fingerprint density at radius 2 is 1.55 bits per heavy atom. The van der Waals surface area contributed by atoms with Crippen molar-refractivity contribution < 1.29 is 14.6 Å². The molecule has 0 spiro atoms. The van der Waals surface area contributed by atoms with Crippen LogP contribution in [0.3, 0.4) is 0 Å². The van der Waals surface area contributed by atoms with Gasteiger partial charge < -0.3 is 9.47 Å². The number of rotatable bonds is 7. The summed E-state index contributed by atoms with van der Waals surface area (Å²) < 4.78 is 10.2. The van der Waals surface area contributed by atoms with E-state index >= 15 is 0 Å². The standard InChI is InChI=1S/C8H17O3/c1-3-5-10-8(7-9)11-6-4-2/h8H,3-7H2,1-2H3. The normalized spacial score (nSPS) is 10.9. The molecule has 3 nitrogen and oxygen atoms in total. The van der Waals surface area contributed by atoms with Crippen LogP contribution in [0.5, 0.6) is 0 Å². The molecule has 0 aliphatic heterocycles. The summed E-state index contributed by atoms with van der Waals surface area (Å²) in [5, 5.41) is 10.4. The molecule has 0 N–H and O–H groups in total. The van der Waals surface area contributed by atoms with Crippen LogP contribution in [0, 0.1) is 0 Å². The summed E-state index contributed by atoms with van der Waals surface area (Å²) in [5.41, 5.74) is 0. The molecule has 0 bridgehead atoms. The second-order valence-electron chi connectivity index (χ2n) is 2.34. The molecule has 0 rings (SSSR count). The van der Waals surface area contributed by atoms with Gasteiger partial charge in [-0.3, -0.25) is 0 Å². The quantitative estimate of drug-likeness (QED) is 0.532. The van der Waals surface area contributed by atoms with Gasteiger partial charge in [-0.2, -0.15) is 0 Å². The Morgan fingerprint density at radius 1 is 1.09 bits per heavy atom. The zero-order chi connectivity index (χ0) is 8.53. The maximum absolute atomic E-state index is 10.4. The predicted octanol–water partition coefficient (Wildman–Crippen LogP) is 1.60. The lowest BCUT2D eigenvalue weighted by Gasteiger charge is -2.13. The Kier molecular flexibility index (Phi) is 7.89. The number of ether oxygens (including phenoxy) is 2. The summed E-state index contributed by atoms with van der Waals surface area (Å²) in [6.45, 7) is 4.91. The summed E-state index contributed by atoms with van der Waals surface area (Å²) in [4.78, 5) is 0. The first kappa shape index (κ1) is 10.9. The van der Waals surface area contributed by atoms with E-state index in [4.69, 9.17) is 9.47 Å². The highest BCUT2D eigenvalue weighted by Gasteiger charge is 2.06. The summed E-state index contributed by atoms with van der Waals surface area (Å²) in [6, 6.07) is 0. The molecule has 0 unspecified atom stereocenters. The van der Waals surface area contributed by atoms with Crippen LogP contribution in [-0.2, 0) is 14.6 Å². The molecule has 3 heteroatoms. The molecular formula is C8H17O3. The summed E-state index contributed by atoms with van der Waals surface area (Å²) >= 11 is 0. The monoisotopic (exact) mass is 161 g/mol. The van der Waals surface area contributed by atoms with Crippen LogP contribution in [-0.4, -0.2) is 26.1 Å². The molecule has 0 aromatic heterocycles. The average molecular weight is 161 g/mol. The second kappa shape index (κ2) is 7.98. The van der Waals surface area contributed by atoms with E-state index in [0.717, 1.165) is 12.8 Å². The van der Waals surface area contributed by atoms with Gasteiger partial charge in [-0.05, 0) is 12.8 Å². The molecular weight excluding hydrogens is 144 g/mol. The van der Waals surface area contributed by atoms with Crippen molar-refractivity contribution in [3.63, 3.8) is 0 Å². The average Bonchev–Trinajstić information content (AvgIpc) is 2.05. The van der Waals surface area contributed by atoms with Gasteiger partial charge in [0.1, 0.15) is 6.61 Å². The SMILES string of the molecule is CCCOC(C[O])OCCC. The molecule has 11 heavy (non-hydrogen) atoms. The zero-order valence-corrected chi connectivity index (χ0v) is 7.34. The van der Waals surface area contributed by atoms with Gasteiger partial charge in [-0.25, -0.2) is 5.11 Å². The van der Waals surface area contributed by atoms with Gasteiger partial charge in [0.15, 0.2) is 6.29 Å². The first-order valence-electron chi connectivity index (χ1n) is 4.16. The lowest BCUT2D eigenvalue weighted by atomic mass is 10.5. The van der Waals surface area contributed by atoms with Crippen LogP contribution in [0.1, 0.15) is 26.7 Å². The van der Waals surface area contributed by atoms with Gasteiger partial charge >= 0.3 is 0 Å². The van der Waals surface area contributed by atoms with E-state index in [1.54, 1.807) is 0 Å². The van der Waals surface area contributed by atoms with Gasteiger partial charge in [0.05, 0.1) is 0 Å². The van der Waals surface area contributed by atoms with Gasteiger partial charge in [0, 0.05) is 13.2 Å². The zero-order valence-electron chi connectivity index (χ0n) is 7.34. The third-order valence-corrected chi connectivity index (χ3v) is 1.15. The minimum Gasteiger partial charge on any atom is -0.350 e. The second-order valence-corrected chi connectivity index (χ2v) is 2.34. The topological polar surface area (TPSA) is 38.4 Å². The van der Waals surface area contributed by atoms with Crippen LogP contribution in [0.4, 0.5) is 0 Å². The maximum Gasteiger partial charge on any atom is 0.183 e. The van der Waals surface area contributed by atoms with Crippen molar-refractivity contribution in [1.29, 1.82) is 0 Å². The highest BCUT2D eigenvalue weighted by molar-refractivity contribution is 4.39. The molecule has 0 aliphatic carbocycles. The van der Waals surface area contributed by atoms with Crippen LogP contribution < -0.4 is 0 Å². The van der Waals surface area contributed by atoms with Crippen molar-refractivity contribution in [3.05, 3.63) is 0 Å². The maximum atomic E-state index is 10.4. The van der Waals surface area contributed by atoms with Crippen molar-refractivity contribution in [2.75, 3.05) is 19.8 Å². The van der Waals surface area contributed by atoms with Gasteiger partial charge in [0.2, 0.25) is 0 Å². The molecule has 0 aromatic rings. The molecule has 1 radical (unpaired) electrons. The predicted molar refractivity (Wildman–Crippen MR) is 41.8 cm³/mol. The fraction of sp³-hybridized carbons (Fsp3) is 1.00.